The Balaban J connectivity index is 1.07. The van der Waals surface area contributed by atoms with Crippen molar-refractivity contribution in [3.05, 3.63) is 95.7 Å². The number of rotatable bonds is 10. The first-order valence-corrected chi connectivity index (χ1v) is 15.2. The predicted octanol–water partition coefficient (Wildman–Crippen LogP) is 3.92. The first kappa shape index (κ1) is 30.0. The second-order valence-electron chi connectivity index (χ2n) is 11.1. The van der Waals surface area contributed by atoms with Crippen molar-refractivity contribution < 1.29 is 14.3 Å². The number of morpholine rings is 1. The van der Waals surface area contributed by atoms with Crippen LogP contribution in [0.4, 0.5) is 17.5 Å². The SMILES string of the molecule is N=C(N)c1nnc(N2CCC[C@@H](NCc3ccc(Oc4ccccc4)cc3)C2)nc1Nc1ccc(C(=O)N2CCOCC2)cc1. The van der Waals surface area contributed by atoms with Gasteiger partial charge in [0.05, 0.1) is 13.2 Å². The number of anilines is 3. The van der Waals surface area contributed by atoms with Gasteiger partial charge in [-0.05, 0) is 66.9 Å². The van der Waals surface area contributed by atoms with Crippen LogP contribution in [0, 0.1) is 5.41 Å². The van der Waals surface area contributed by atoms with E-state index in [0.29, 0.717) is 55.9 Å². The van der Waals surface area contributed by atoms with Crippen molar-refractivity contribution in [3.8, 4) is 11.5 Å². The summed E-state index contributed by atoms with van der Waals surface area (Å²) >= 11 is 0. The fourth-order valence-electron chi connectivity index (χ4n) is 5.39. The van der Waals surface area contributed by atoms with Crippen molar-refractivity contribution in [1.29, 1.82) is 5.41 Å². The Labute approximate surface area is 262 Å². The Morgan fingerprint density at radius 3 is 2.42 bits per heavy atom. The van der Waals surface area contributed by atoms with Crippen molar-refractivity contribution >= 4 is 29.2 Å². The van der Waals surface area contributed by atoms with E-state index in [1.54, 1.807) is 29.2 Å². The number of aromatic nitrogens is 3. The van der Waals surface area contributed by atoms with Crippen LogP contribution in [-0.4, -0.2) is 77.3 Å². The highest BCUT2D eigenvalue weighted by Gasteiger charge is 2.24. The number of ether oxygens (including phenoxy) is 2. The van der Waals surface area contributed by atoms with Crippen LogP contribution < -0.4 is 26.0 Å². The predicted molar refractivity (Wildman–Crippen MR) is 172 cm³/mol. The van der Waals surface area contributed by atoms with Crippen molar-refractivity contribution in [1.82, 2.24) is 25.4 Å². The van der Waals surface area contributed by atoms with Gasteiger partial charge in [-0.2, -0.15) is 4.98 Å². The van der Waals surface area contributed by atoms with Gasteiger partial charge in [-0.1, -0.05) is 30.3 Å². The summed E-state index contributed by atoms with van der Waals surface area (Å²) in [6.45, 7) is 4.51. The van der Waals surface area contributed by atoms with E-state index in [0.717, 1.165) is 37.4 Å². The molecule has 0 aliphatic carbocycles. The number of piperidine rings is 1. The highest BCUT2D eigenvalue weighted by atomic mass is 16.5. The molecule has 3 heterocycles. The zero-order valence-electron chi connectivity index (χ0n) is 25.0. The van der Waals surface area contributed by atoms with E-state index in [2.05, 4.69) is 37.9 Å². The molecular weight excluding hydrogens is 570 g/mol. The summed E-state index contributed by atoms with van der Waals surface area (Å²) in [6.07, 6.45) is 2.01. The van der Waals surface area contributed by atoms with E-state index in [-0.39, 0.29) is 23.5 Å². The third-order valence-corrected chi connectivity index (χ3v) is 7.82. The van der Waals surface area contributed by atoms with Crippen LogP contribution in [0.15, 0.2) is 78.9 Å². The molecule has 6 rings (SSSR count). The Bertz CT molecular complexity index is 1590. The molecule has 4 aromatic rings. The molecule has 0 saturated carbocycles. The maximum atomic E-state index is 12.8. The molecule has 45 heavy (non-hydrogen) atoms. The fourth-order valence-corrected chi connectivity index (χ4v) is 5.39. The molecule has 1 atom stereocenters. The largest absolute Gasteiger partial charge is 0.457 e. The molecule has 2 aliphatic heterocycles. The van der Waals surface area contributed by atoms with Crippen LogP contribution in [0.3, 0.4) is 0 Å². The summed E-state index contributed by atoms with van der Waals surface area (Å²) in [5.41, 5.74) is 8.44. The number of nitrogen functional groups attached to an aromatic ring is 1. The Morgan fingerprint density at radius 2 is 1.69 bits per heavy atom. The molecule has 0 spiro atoms. The second-order valence-corrected chi connectivity index (χ2v) is 11.1. The Hall–Kier alpha value is -5.07. The van der Waals surface area contributed by atoms with Crippen LogP contribution >= 0.6 is 0 Å². The minimum Gasteiger partial charge on any atom is -0.457 e. The molecule has 232 valence electrons. The van der Waals surface area contributed by atoms with Crippen molar-refractivity contribution in [2.45, 2.75) is 25.4 Å². The van der Waals surface area contributed by atoms with Crippen molar-refractivity contribution in [2.75, 3.05) is 49.6 Å². The summed E-state index contributed by atoms with van der Waals surface area (Å²) in [4.78, 5) is 21.4. The van der Waals surface area contributed by atoms with E-state index in [4.69, 9.17) is 25.6 Å². The lowest BCUT2D eigenvalue weighted by molar-refractivity contribution is 0.0303. The number of benzene rings is 3. The Kier molecular flexibility index (Phi) is 9.42. The first-order valence-electron chi connectivity index (χ1n) is 15.2. The molecule has 12 heteroatoms. The molecule has 0 radical (unpaired) electrons. The molecule has 0 unspecified atom stereocenters. The monoisotopic (exact) mass is 607 g/mol. The molecule has 0 bridgehead atoms. The van der Waals surface area contributed by atoms with E-state index in [1.807, 2.05) is 42.5 Å². The van der Waals surface area contributed by atoms with Gasteiger partial charge >= 0.3 is 0 Å². The highest BCUT2D eigenvalue weighted by Crippen LogP contribution is 2.24. The molecule has 5 N–H and O–H groups in total. The van der Waals surface area contributed by atoms with E-state index in [9.17, 15) is 4.79 Å². The number of hydrogen-bond donors (Lipinski definition) is 4. The van der Waals surface area contributed by atoms with E-state index >= 15 is 0 Å². The van der Waals surface area contributed by atoms with Gasteiger partial charge in [-0.3, -0.25) is 10.2 Å². The zero-order valence-corrected chi connectivity index (χ0v) is 25.0. The van der Waals surface area contributed by atoms with Crippen LogP contribution in [0.25, 0.3) is 0 Å². The van der Waals surface area contributed by atoms with Gasteiger partial charge in [0.2, 0.25) is 5.95 Å². The number of para-hydroxylation sites is 1. The zero-order chi connectivity index (χ0) is 31.0. The molecule has 12 nitrogen and oxygen atoms in total. The van der Waals surface area contributed by atoms with Gasteiger partial charge in [0.15, 0.2) is 11.5 Å². The van der Waals surface area contributed by atoms with Gasteiger partial charge in [0.25, 0.3) is 5.91 Å². The fraction of sp³-hybridized carbons (Fsp3) is 0.303. The topological polar surface area (TPSA) is 155 Å². The standard InChI is InChI=1S/C33H37N9O3/c34-30(35)29-31(37-25-12-10-24(11-13-25)32(43)41-17-19-44-20-18-41)38-33(40-39-29)42-16-4-5-26(22-42)36-21-23-8-14-28(15-9-23)45-27-6-2-1-3-7-27/h1-3,6-15,26,36H,4-5,16-22H2,(H3,34,35)(H,37,38,40)/t26-/m1/s1. The molecular formula is C33H37N9O3. The van der Waals surface area contributed by atoms with Crippen LogP contribution in [0.5, 0.6) is 11.5 Å². The number of nitrogens with two attached hydrogens (primary N) is 1. The number of nitrogens with zero attached hydrogens (tertiary/aromatic N) is 5. The summed E-state index contributed by atoms with van der Waals surface area (Å²) < 4.78 is 11.3. The quantitative estimate of drug-likeness (QED) is 0.154. The number of nitrogens with one attached hydrogen (secondary N) is 3. The normalized spacial score (nSPS) is 16.7. The van der Waals surface area contributed by atoms with Gasteiger partial charge in [-0.25, -0.2) is 0 Å². The number of carbonyl (C=O) groups excluding carboxylic acids is 1. The third kappa shape index (κ3) is 7.72. The first-order chi connectivity index (χ1) is 22.0. The minimum atomic E-state index is -0.235. The van der Waals surface area contributed by atoms with E-state index < -0.39 is 0 Å². The molecule has 2 aliphatic rings. The summed E-state index contributed by atoms with van der Waals surface area (Å²) in [5, 5.41) is 23.4. The van der Waals surface area contributed by atoms with Crippen LogP contribution in [-0.2, 0) is 11.3 Å². The lowest BCUT2D eigenvalue weighted by Crippen LogP contribution is -2.46. The smallest absolute Gasteiger partial charge is 0.254 e. The van der Waals surface area contributed by atoms with Crippen LogP contribution in [0.1, 0.15) is 34.5 Å². The Morgan fingerprint density at radius 1 is 0.956 bits per heavy atom. The summed E-state index contributed by atoms with van der Waals surface area (Å²) in [7, 11) is 0. The summed E-state index contributed by atoms with van der Waals surface area (Å²) in [6, 6.07) is 25.2. The van der Waals surface area contributed by atoms with Crippen LogP contribution in [0.2, 0.25) is 0 Å². The molecule has 3 aromatic carbocycles. The molecule has 1 aromatic heterocycles. The molecule has 2 saturated heterocycles. The maximum absolute atomic E-state index is 12.8. The van der Waals surface area contributed by atoms with Crippen molar-refractivity contribution in [3.63, 3.8) is 0 Å². The third-order valence-electron chi connectivity index (χ3n) is 7.82. The van der Waals surface area contributed by atoms with Gasteiger partial charge in [0, 0.05) is 50.0 Å². The van der Waals surface area contributed by atoms with Gasteiger partial charge < -0.3 is 35.6 Å². The van der Waals surface area contributed by atoms with Gasteiger partial charge in [-0.15, -0.1) is 10.2 Å². The number of amides is 1. The van der Waals surface area contributed by atoms with Crippen molar-refractivity contribution in [2.24, 2.45) is 5.73 Å². The maximum Gasteiger partial charge on any atom is 0.254 e. The molecule has 1 amide bonds. The number of amidine groups is 1. The second kappa shape index (κ2) is 14.1. The average molecular weight is 608 g/mol. The lowest BCUT2D eigenvalue weighted by atomic mass is 10.1. The van der Waals surface area contributed by atoms with Gasteiger partial charge in [0.1, 0.15) is 17.3 Å². The average Bonchev–Trinajstić information content (AvgIpc) is 3.09. The van der Waals surface area contributed by atoms with E-state index in [1.165, 1.54) is 5.56 Å². The molecule has 2 fully saturated rings. The number of carbonyl (C=O) groups is 1. The highest BCUT2D eigenvalue weighted by molar-refractivity contribution is 5.98. The lowest BCUT2D eigenvalue weighted by Gasteiger charge is -2.33. The summed E-state index contributed by atoms with van der Waals surface area (Å²) in [5.74, 6) is 2.16. The number of hydrogen-bond acceptors (Lipinski definition) is 10. The minimum absolute atomic E-state index is 0.0254.